The van der Waals surface area contributed by atoms with Crippen molar-refractivity contribution >= 4 is 17.5 Å². The molecule has 0 saturated heterocycles. The van der Waals surface area contributed by atoms with E-state index in [0.29, 0.717) is 18.0 Å². The Morgan fingerprint density at radius 1 is 1.50 bits per heavy atom. The third-order valence-corrected chi connectivity index (χ3v) is 2.80. The number of nitriles is 1. The number of nitrogens with one attached hydrogen (secondary N) is 1. The minimum Gasteiger partial charge on any atom is -0.354 e. The van der Waals surface area contributed by atoms with Crippen molar-refractivity contribution in [3.8, 4) is 6.07 Å². The van der Waals surface area contributed by atoms with Gasteiger partial charge in [0.25, 0.3) is 5.82 Å². The zero-order valence-corrected chi connectivity index (χ0v) is 11.3. The van der Waals surface area contributed by atoms with E-state index >= 15 is 0 Å². The molecule has 6 nitrogen and oxygen atoms in total. The molecule has 0 unspecified atom stereocenters. The summed E-state index contributed by atoms with van der Waals surface area (Å²) in [6.45, 7) is 0.559. The molecule has 0 saturated carbocycles. The van der Waals surface area contributed by atoms with E-state index in [0.717, 1.165) is 5.56 Å². The Morgan fingerprint density at radius 3 is 3.05 bits per heavy atom. The van der Waals surface area contributed by atoms with Crippen molar-refractivity contribution in [3.63, 3.8) is 0 Å². The number of amides is 1. The van der Waals surface area contributed by atoms with Crippen molar-refractivity contribution < 1.29 is 4.79 Å². The number of hydrogen-bond donors (Lipinski definition) is 1. The van der Waals surface area contributed by atoms with E-state index < -0.39 is 0 Å². The molecule has 0 radical (unpaired) electrons. The Morgan fingerprint density at radius 2 is 2.35 bits per heavy atom. The van der Waals surface area contributed by atoms with Crippen molar-refractivity contribution in [3.05, 3.63) is 47.0 Å². The second-order valence-electron chi connectivity index (χ2n) is 4.11. The lowest BCUT2D eigenvalue weighted by Crippen LogP contribution is -2.29. The van der Waals surface area contributed by atoms with Crippen LogP contribution < -0.4 is 5.32 Å². The van der Waals surface area contributed by atoms with Crippen LogP contribution in [0.1, 0.15) is 11.4 Å². The fourth-order valence-corrected chi connectivity index (χ4v) is 1.88. The molecule has 0 atom stereocenters. The van der Waals surface area contributed by atoms with Crippen molar-refractivity contribution in [2.75, 3.05) is 6.54 Å². The van der Waals surface area contributed by atoms with Crippen LogP contribution in [0.15, 0.2) is 30.6 Å². The Kier molecular flexibility index (Phi) is 4.69. The molecule has 2 rings (SSSR count). The molecule has 1 aromatic heterocycles. The maximum atomic E-state index is 11.7. The normalized spacial score (nSPS) is 10.0. The number of carbonyl (C=O) groups is 1. The van der Waals surface area contributed by atoms with Crippen LogP contribution in [-0.2, 0) is 17.8 Å². The van der Waals surface area contributed by atoms with Crippen LogP contribution in [0.2, 0.25) is 5.02 Å². The molecule has 0 bridgehead atoms. The highest BCUT2D eigenvalue weighted by Crippen LogP contribution is 2.10. The third-order valence-electron chi connectivity index (χ3n) is 2.57. The number of rotatable bonds is 5. The maximum absolute atomic E-state index is 11.7. The average molecular weight is 290 g/mol. The van der Waals surface area contributed by atoms with Gasteiger partial charge in [-0.25, -0.2) is 9.67 Å². The Bertz CT molecular complexity index is 646. The third kappa shape index (κ3) is 4.07. The summed E-state index contributed by atoms with van der Waals surface area (Å²) >= 11 is 5.88. The number of halogens is 1. The van der Waals surface area contributed by atoms with Crippen LogP contribution in [0.25, 0.3) is 0 Å². The van der Waals surface area contributed by atoms with Gasteiger partial charge in [-0.2, -0.15) is 5.26 Å². The van der Waals surface area contributed by atoms with Gasteiger partial charge in [0.2, 0.25) is 5.91 Å². The highest BCUT2D eigenvalue weighted by molar-refractivity contribution is 6.30. The lowest BCUT2D eigenvalue weighted by atomic mass is 10.1. The summed E-state index contributed by atoms with van der Waals surface area (Å²) in [5.74, 6) is -0.127. The summed E-state index contributed by atoms with van der Waals surface area (Å²) in [6.07, 6.45) is 2.06. The molecule has 102 valence electrons. The average Bonchev–Trinajstić information content (AvgIpc) is 2.86. The molecule has 1 amide bonds. The highest BCUT2D eigenvalue weighted by Gasteiger charge is 2.05. The smallest absolute Gasteiger partial charge is 0.252 e. The largest absolute Gasteiger partial charge is 0.354 e. The quantitative estimate of drug-likeness (QED) is 0.895. The molecule has 1 N–H and O–H groups in total. The van der Waals surface area contributed by atoms with Crippen molar-refractivity contribution in [2.45, 2.75) is 13.0 Å². The van der Waals surface area contributed by atoms with Gasteiger partial charge in [0.15, 0.2) is 0 Å². The van der Waals surface area contributed by atoms with Gasteiger partial charge in [-0.15, -0.1) is 5.10 Å². The van der Waals surface area contributed by atoms with Crippen LogP contribution in [0, 0.1) is 11.3 Å². The lowest BCUT2D eigenvalue weighted by Gasteiger charge is -2.05. The Labute approximate surface area is 121 Å². The first-order valence-electron chi connectivity index (χ1n) is 5.98. The van der Waals surface area contributed by atoms with Gasteiger partial charge >= 0.3 is 0 Å². The summed E-state index contributed by atoms with van der Waals surface area (Å²) in [5.41, 5.74) is 1.06. The van der Waals surface area contributed by atoms with Crippen LogP contribution >= 0.6 is 11.6 Å². The van der Waals surface area contributed by atoms with Gasteiger partial charge in [-0.1, -0.05) is 23.7 Å². The first kappa shape index (κ1) is 14.0. The molecule has 0 fully saturated rings. The predicted molar refractivity (Wildman–Crippen MR) is 72.9 cm³/mol. The fourth-order valence-electron chi connectivity index (χ4n) is 1.66. The zero-order chi connectivity index (χ0) is 14.4. The predicted octanol–water partition coefficient (Wildman–Crippen LogP) is 1.16. The molecule has 0 aliphatic heterocycles. The summed E-state index contributed by atoms with van der Waals surface area (Å²) in [6, 6.07) is 9.30. The van der Waals surface area contributed by atoms with Crippen LogP contribution in [0.5, 0.6) is 0 Å². The van der Waals surface area contributed by atoms with Crippen LogP contribution in [0.4, 0.5) is 0 Å². The van der Waals surface area contributed by atoms with Gasteiger partial charge < -0.3 is 5.32 Å². The van der Waals surface area contributed by atoms with E-state index in [1.165, 1.54) is 11.0 Å². The van der Waals surface area contributed by atoms with E-state index in [2.05, 4.69) is 15.4 Å². The summed E-state index contributed by atoms with van der Waals surface area (Å²) in [7, 11) is 0. The van der Waals surface area contributed by atoms with Gasteiger partial charge in [0.05, 0.1) is 0 Å². The molecule has 20 heavy (non-hydrogen) atoms. The standard InChI is InChI=1S/C13H12ClN5O/c14-11-3-1-2-10(6-11)4-5-16-13(20)8-19-9-17-12(7-15)18-19/h1-3,6,9H,4-5,8H2,(H,16,20). The molecule has 0 aliphatic carbocycles. The van der Waals surface area contributed by atoms with E-state index in [-0.39, 0.29) is 18.3 Å². The maximum Gasteiger partial charge on any atom is 0.252 e. The second-order valence-corrected chi connectivity index (χ2v) is 4.54. The van der Waals surface area contributed by atoms with E-state index in [9.17, 15) is 4.79 Å². The molecular weight excluding hydrogens is 278 g/mol. The number of hydrogen-bond acceptors (Lipinski definition) is 4. The van der Waals surface area contributed by atoms with E-state index in [1.807, 2.05) is 18.2 Å². The number of aromatic nitrogens is 3. The van der Waals surface area contributed by atoms with Crippen LogP contribution in [-0.4, -0.2) is 27.2 Å². The summed E-state index contributed by atoms with van der Waals surface area (Å²) in [4.78, 5) is 15.4. The van der Waals surface area contributed by atoms with E-state index in [4.69, 9.17) is 16.9 Å². The van der Waals surface area contributed by atoms with Gasteiger partial charge in [0, 0.05) is 11.6 Å². The van der Waals surface area contributed by atoms with Crippen molar-refractivity contribution in [2.24, 2.45) is 0 Å². The monoisotopic (exact) mass is 289 g/mol. The molecule has 1 heterocycles. The SMILES string of the molecule is N#Cc1ncn(CC(=O)NCCc2cccc(Cl)c2)n1. The van der Waals surface area contributed by atoms with Gasteiger partial charge in [-0.05, 0) is 24.1 Å². The fraction of sp³-hybridized carbons (Fsp3) is 0.231. The number of nitrogens with zero attached hydrogens (tertiary/aromatic N) is 4. The minimum absolute atomic E-state index is 0.0459. The molecule has 1 aromatic carbocycles. The molecular formula is C13H12ClN5O. The molecule has 2 aromatic rings. The van der Waals surface area contributed by atoms with E-state index in [1.54, 1.807) is 12.1 Å². The zero-order valence-electron chi connectivity index (χ0n) is 10.6. The van der Waals surface area contributed by atoms with Gasteiger partial charge in [0.1, 0.15) is 18.9 Å². The van der Waals surface area contributed by atoms with Crippen LogP contribution in [0.3, 0.4) is 0 Å². The molecule has 0 spiro atoms. The summed E-state index contributed by atoms with van der Waals surface area (Å²) < 4.78 is 1.33. The Balaban J connectivity index is 1.77. The Hall–Kier alpha value is -2.39. The first-order chi connectivity index (χ1) is 9.67. The molecule has 0 aliphatic rings. The highest BCUT2D eigenvalue weighted by atomic mass is 35.5. The minimum atomic E-state index is -0.179. The lowest BCUT2D eigenvalue weighted by molar-refractivity contribution is -0.121. The second kappa shape index (κ2) is 6.68. The van der Waals surface area contributed by atoms with Gasteiger partial charge in [-0.3, -0.25) is 4.79 Å². The topological polar surface area (TPSA) is 83.6 Å². The van der Waals surface area contributed by atoms with Crippen molar-refractivity contribution in [1.29, 1.82) is 5.26 Å². The van der Waals surface area contributed by atoms with Crippen molar-refractivity contribution in [1.82, 2.24) is 20.1 Å². The number of carbonyl (C=O) groups excluding carboxylic acids is 1. The molecule has 7 heteroatoms. The number of benzene rings is 1. The first-order valence-corrected chi connectivity index (χ1v) is 6.36. The summed E-state index contributed by atoms with van der Waals surface area (Å²) in [5, 5.41) is 15.8.